The first kappa shape index (κ1) is 23.7. The van der Waals surface area contributed by atoms with Crippen molar-refractivity contribution in [3.63, 3.8) is 0 Å². The van der Waals surface area contributed by atoms with E-state index in [1.54, 1.807) is 35.2 Å². The maximum atomic E-state index is 13.2. The molecular formula is C23H20N4O5S3. The number of thiocarbonyl (C=S) groups is 1. The number of anilines is 1. The maximum absolute atomic E-state index is 13.2. The molecule has 3 aromatic rings. The van der Waals surface area contributed by atoms with Crippen LogP contribution in [-0.4, -0.2) is 61.3 Å². The Labute approximate surface area is 211 Å². The summed E-state index contributed by atoms with van der Waals surface area (Å²) in [5.41, 5.74) is 2.70. The van der Waals surface area contributed by atoms with Gasteiger partial charge in [-0.1, -0.05) is 54.3 Å². The summed E-state index contributed by atoms with van der Waals surface area (Å²) >= 11 is 6.56. The molecule has 0 aliphatic carbocycles. The van der Waals surface area contributed by atoms with Crippen LogP contribution in [0.15, 0.2) is 65.7 Å². The molecule has 0 bridgehead atoms. The average Bonchev–Trinajstić information content (AvgIpc) is 3.49. The number of hydrogen-bond donors (Lipinski definition) is 2. The molecule has 3 heterocycles. The fraction of sp³-hybridized carbons (Fsp3) is 0.174. The van der Waals surface area contributed by atoms with E-state index in [0.717, 1.165) is 17.4 Å². The molecule has 12 heteroatoms. The molecule has 0 radical (unpaired) electrons. The van der Waals surface area contributed by atoms with Crippen molar-refractivity contribution in [2.24, 2.45) is 0 Å². The number of thioether (sulfide) groups is 1. The molecule has 2 fully saturated rings. The predicted octanol–water partition coefficient (Wildman–Crippen LogP) is 3.51. The first-order valence-electron chi connectivity index (χ1n) is 10.6. The number of hydrogen-bond acceptors (Lipinski definition) is 9. The van der Waals surface area contributed by atoms with Gasteiger partial charge in [-0.3, -0.25) is 20.1 Å². The summed E-state index contributed by atoms with van der Waals surface area (Å²) in [5, 5.41) is 23.6. The molecule has 1 unspecified atom stereocenters. The van der Waals surface area contributed by atoms with Gasteiger partial charge in [0.15, 0.2) is 9.84 Å². The number of amides is 1. The van der Waals surface area contributed by atoms with E-state index >= 15 is 0 Å². The van der Waals surface area contributed by atoms with Gasteiger partial charge < -0.3 is 0 Å². The number of rotatable bonds is 5. The van der Waals surface area contributed by atoms with Crippen LogP contribution in [0.2, 0.25) is 0 Å². The molecule has 0 saturated carbocycles. The Balaban J connectivity index is 1.56. The Morgan fingerprint density at radius 1 is 1.14 bits per heavy atom. The normalized spacial score (nSPS) is 20.7. The molecule has 2 saturated heterocycles. The summed E-state index contributed by atoms with van der Waals surface area (Å²) in [6, 6.07) is 15.5. The zero-order chi connectivity index (χ0) is 24.7. The van der Waals surface area contributed by atoms with Crippen LogP contribution in [0.3, 0.4) is 0 Å². The SMILES string of the molecule is O=C1/C(=C/c2cn(-c3ccccc3)nc2-c2cccc(N(O)O)c2)SC(=S)N1C1CCS(=O)(=O)C1. The second-order valence-electron chi connectivity index (χ2n) is 8.16. The van der Waals surface area contributed by atoms with Crippen LogP contribution in [0.1, 0.15) is 12.0 Å². The molecule has 35 heavy (non-hydrogen) atoms. The molecule has 2 N–H and O–H groups in total. The third kappa shape index (κ3) is 4.75. The summed E-state index contributed by atoms with van der Waals surface area (Å²) in [5.74, 6) is -0.369. The lowest BCUT2D eigenvalue weighted by Crippen LogP contribution is -2.39. The topological polar surface area (TPSA) is 116 Å². The van der Waals surface area contributed by atoms with Crippen molar-refractivity contribution in [3.05, 3.63) is 71.3 Å². The van der Waals surface area contributed by atoms with Crippen molar-refractivity contribution in [2.75, 3.05) is 16.7 Å². The number of sulfone groups is 1. The summed E-state index contributed by atoms with van der Waals surface area (Å²) < 4.78 is 25.9. The predicted molar refractivity (Wildman–Crippen MR) is 137 cm³/mol. The van der Waals surface area contributed by atoms with E-state index in [1.165, 1.54) is 11.0 Å². The van der Waals surface area contributed by atoms with Gasteiger partial charge in [-0.2, -0.15) is 5.10 Å². The van der Waals surface area contributed by atoms with Crippen molar-refractivity contribution in [1.82, 2.24) is 14.7 Å². The standard InChI is InChI=1S/C23H20N4O5S3/c28-22-20(34-23(33)26(22)19-9-10-35(31,32)14-19)12-16-13-25(17-6-2-1-3-7-17)24-21(16)15-5-4-8-18(11-15)27(29)30/h1-8,11-13,19,29-30H,9-10,14H2/b20-12-. The first-order valence-corrected chi connectivity index (χ1v) is 13.7. The van der Waals surface area contributed by atoms with Gasteiger partial charge >= 0.3 is 0 Å². The number of carbonyl (C=O) groups excluding carboxylic acids is 1. The van der Waals surface area contributed by atoms with Crippen LogP contribution in [0.25, 0.3) is 23.0 Å². The molecule has 1 atom stereocenters. The minimum absolute atomic E-state index is 0.0259. The first-order chi connectivity index (χ1) is 16.7. The molecule has 5 rings (SSSR count). The summed E-state index contributed by atoms with van der Waals surface area (Å²) in [6.45, 7) is 0. The Morgan fingerprint density at radius 3 is 2.60 bits per heavy atom. The highest BCUT2D eigenvalue weighted by molar-refractivity contribution is 8.26. The summed E-state index contributed by atoms with van der Waals surface area (Å²) in [7, 11) is -3.18. The molecule has 180 valence electrons. The van der Waals surface area contributed by atoms with Gasteiger partial charge in [-0.15, -0.1) is 5.23 Å². The number of nitrogens with zero attached hydrogens (tertiary/aromatic N) is 4. The number of aromatic nitrogens is 2. The largest absolute Gasteiger partial charge is 0.289 e. The Morgan fingerprint density at radius 2 is 1.91 bits per heavy atom. The molecule has 0 spiro atoms. The van der Waals surface area contributed by atoms with Crippen molar-refractivity contribution >= 4 is 55.8 Å². The maximum Gasteiger partial charge on any atom is 0.266 e. The van der Waals surface area contributed by atoms with Gasteiger partial charge in [-0.05, 0) is 36.8 Å². The molecule has 9 nitrogen and oxygen atoms in total. The molecular weight excluding hydrogens is 508 g/mol. The fourth-order valence-corrected chi connectivity index (χ4v) is 7.21. The lowest BCUT2D eigenvalue weighted by atomic mass is 10.1. The van der Waals surface area contributed by atoms with Crippen LogP contribution in [-0.2, 0) is 14.6 Å². The van der Waals surface area contributed by atoms with E-state index < -0.39 is 15.9 Å². The highest BCUT2D eigenvalue weighted by Crippen LogP contribution is 2.38. The van der Waals surface area contributed by atoms with Crippen LogP contribution < -0.4 is 5.23 Å². The average molecular weight is 529 g/mol. The van der Waals surface area contributed by atoms with Crippen molar-refractivity contribution in [2.45, 2.75) is 12.5 Å². The Hall–Kier alpha value is -3.03. The third-order valence-electron chi connectivity index (χ3n) is 5.80. The van der Waals surface area contributed by atoms with E-state index in [1.807, 2.05) is 30.3 Å². The second kappa shape index (κ2) is 9.21. The minimum Gasteiger partial charge on any atom is -0.289 e. The number of carbonyl (C=O) groups is 1. The molecule has 2 aliphatic rings. The van der Waals surface area contributed by atoms with E-state index in [0.29, 0.717) is 32.5 Å². The number of benzene rings is 2. The van der Waals surface area contributed by atoms with Crippen LogP contribution in [0, 0.1) is 0 Å². The van der Waals surface area contributed by atoms with E-state index in [4.69, 9.17) is 17.3 Å². The lowest BCUT2D eigenvalue weighted by Gasteiger charge is -2.20. The Bertz CT molecular complexity index is 1450. The van der Waals surface area contributed by atoms with Crippen LogP contribution in [0.4, 0.5) is 5.69 Å². The van der Waals surface area contributed by atoms with E-state index in [-0.39, 0.29) is 28.3 Å². The highest BCUT2D eigenvalue weighted by Gasteiger charge is 2.42. The summed E-state index contributed by atoms with van der Waals surface area (Å²) in [4.78, 5) is 15.0. The quantitative estimate of drug-likeness (QED) is 0.292. The molecule has 1 aromatic heterocycles. The third-order valence-corrected chi connectivity index (χ3v) is 8.88. The van der Waals surface area contributed by atoms with Crippen molar-refractivity contribution < 1.29 is 23.6 Å². The van der Waals surface area contributed by atoms with Gasteiger partial charge in [0.1, 0.15) is 10.0 Å². The second-order valence-corrected chi connectivity index (χ2v) is 12.1. The smallest absolute Gasteiger partial charge is 0.266 e. The monoisotopic (exact) mass is 528 g/mol. The lowest BCUT2D eigenvalue weighted by molar-refractivity contribution is -0.123. The molecule has 1 amide bonds. The van der Waals surface area contributed by atoms with Gasteiger partial charge in [0.05, 0.1) is 33.8 Å². The fourth-order valence-electron chi connectivity index (χ4n) is 4.12. The van der Waals surface area contributed by atoms with Crippen molar-refractivity contribution in [3.8, 4) is 16.9 Å². The zero-order valence-electron chi connectivity index (χ0n) is 18.2. The van der Waals surface area contributed by atoms with E-state index in [9.17, 15) is 23.6 Å². The van der Waals surface area contributed by atoms with Gasteiger partial charge in [-0.25, -0.2) is 13.1 Å². The van der Waals surface area contributed by atoms with Gasteiger partial charge in [0.2, 0.25) is 0 Å². The molecule has 2 aromatic carbocycles. The Kier molecular flexibility index (Phi) is 6.23. The van der Waals surface area contributed by atoms with Gasteiger partial charge in [0.25, 0.3) is 5.91 Å². The number of para-hydroxylation sites is 1. The van der Waals surface area contributed by atoms with Gasteiger partial charge in [0, 0.05) is 17.3 Å². The van der Waals surface area contributed by atoms with Crippen molar-refractivity contribution in [1.29, 1.82) is 0 Å². The minimum atomic E-state index is -3.18. The zero-order valence-corrected chi connectivity index (χ0v) is 20.6. The van der Waals surface area contributed by atoms with E-state index in [2.05, 4.69) is 0 Å². The highest BCUT2D eigenvalue weighted by atomic mass is 32.2. The molecule has 2 aliphatic heterocycles. The van der Waals surface area contributed by atoms with Crippen LogP contribution in [0.5, 0.6) is 0 Å². The summed E-state index contributed by atoms with van der Waals surface area (Å²) in [6.07, 6.45) is 3.83. The van der Waals surface area contributed by atoms with Crippen LogP contribution >= 0.6 is 24.0 Å².